The molecule has 1 N–H and O–H groups in total. The molecule has 0 aliphatic carbocycles. The highest BCUT2D eigenvalue weighted by Gasteiger charge is 1.92. The summed E-state index contributed by atoms with van der Waals surface area (Å²) in [6, 6.07) is 7.17. The number of anilines is 1. The van der Waals surface area contributed by atoms with Crippen LogP contribution in [0.3, 0.4) is 0 Å². The minimum absolute atomic E-state index is 0.362. The summed E-state index contributed by atoms with van der Waals surface area (Å²) in [5, 5.41) is 3.60. The van der Waals surface area contributed by atoms with Crippen LogP contribution in [0.1, 0.15) is 6.92 Å². The summed E-state index contributed by atoms with van der Waals surface area (Å²) >= 11 is 5.72. The number of benzene rings is 1. The molecule has 0 saturated heterocycles. The Balaban J connectivity index is 2.43. The second-order valence-corrected chi connectivity index (χ2v) is 3.17. The Hall–Kier alpha value is -1.48. The number of carbonyl (C=O) groups excluding carboxylic acids is 1. The van der Waals surface area contributed by atoms with Crippen LogP contribution in [0.15, 0.2) is 36.5 Å². The van der Waals surface area contributed by atoms with Gasteiger partial charge in [-0.1, -0.05) is 11.6 Å². The zero-order valence-corrected chi connectivity index (χ0v) is 9.12. The lowest BCUT2D eigenvalue weighted by Gasteiger charge is -2.00. The number of ether oxygens (including phenoxy) is 1. The highest BCUT2D eigenvalue weighted by Crippen LogP contribution is 2.12. The normalized spacial score (nSPS) is 10.3. The molecule has 0 aliphatic heterocycles. The Morgan fingerprint density at radius 2 is 2.13 bits per heavy atom. The van der Waals surface area contributed by atoms with Crippen LogP contribution >= 0.6 is 11.6 Å². The van der Waals surface area contributed by atoms with E-state index in [0.717, 1.165) is 5.69 Å². The first-order chi connectivity index (χ1) is 7.22. The zero-order chi connectivity index (χ0) is 11.1. The van der Waals surface area contributed by atoms with Crippen LogP contribution in [0.4, 0.5) is 5.69 Å². The van der Waals surface area contributed by atoms with Gasteiger partial charge in [0.15, 0.2) is 0 Å². The van der Waals surface area contributed by atoms with E-state index in [2.05, 4.69) is 5.32 Å². The third kappa shape index (κ3) is 4.51. The van der Waals surface area contributed by atoms with Crippen molar-refractivity contribution in [2.75, 3.05) is 11.9 Å². The Kier molecular flexibility index (Phi) is 4.71. The first-order valence-electron chi connectivity index (χ1n) is 4.58. The molecular formula is C11H12ClNO2. The van der Waals surface area contributed by atoms with E-state index in [1.54, 1.807) is 19.1 Å². The van der Waals surface area contributed by atoms with Gasteiger partial charge < -0.3 is 10.1 Å². The van der Waals surface area contributed by atoms with E-state index >= 15 is 0 Å². The largest absolute Gasteiger partial charge is 0.463 e. The second-order valence-electron chi connectivity index (χ2n) is 2.74. The molecule has 0 radical (unpaired) electrons. The first-order valence-corrected chi connectivity index (χ1v) is 4.95. The number of rotatable bonds is 4. The fourth-order valence-electron chi connectivity index (χ4n) is 0.942. The van der Waals surface area contributed by atoms with Crippen molar-refractivity contribution in [1.29, 1.82) is 0 Å². The van der Waals surface area contributed by atoms with Crippen molar-refractivity contribution in [2.45, 2.75) is 6.92 Å². The monoisotopic (exact) mass is 225 g/mol. The third-order valence-corrected chi connectivity index (χ3v) is 1.85. The van der Waals surface area contributed by atoms with Gasteiger partial charge in [-0.2, -0.15) is 0 Å². The van der Waals surface area contributed by atoms with Crippen molar-refractivity contribution in [3.63, 3.8) is 0 Å². The Labute approximate surface area is 93.7 Å². The van der Waals surface area contributed by atoms with Gasteiger partial charge in [0.25, 0.3) is 0 Å². The van der Waals surface area contributed by atoms with Crippen LogP contribution in [0.2, 0.25) is 5.02 Å². The molecule has 0 spiro atoms. The topological polar surface area (TPSA) is 38.3 Å². The summed E-state index contributed by atoms with van der Waals surface area (Å²) in [6.45, 7) is 2.14. The number of nitrogens with one attached hydrogen (secondary N) is 1. The fraction of sp³-hybridized carbons (Fsp3) is 0.182. The molecule has 0 heterocycles. The standard InChI is InChI=1S/C11H12ClNO2/c1-2-15-11(14)7-8-13-10-5-3-9(12)4-6-10/h3-8,13H,2H2,1H3/b8-7-. The molecule has 1 aromatic carbocycles. The minimum Gasteiger partial charge on any atom is -0.463 e. The van der Waals surface area contributed by atoms with Gasteiger partial charge in [-0.3, -0.25) is 0 Å². The van der Waals surface area contributed by atoms with E-state index in [4.69, 9.17) is 16.3 Å². The summed E-state index contributed by atoms with van der Waals surface area (Å²) in [5.41, 5.74) is 0.861. The quantitative estimate of drug-likeness (QED) is 0.633. The van der Waals surface area contributed by atoms with Gasteiger partial charge >= 0.3 is 5.97 Å². The third-order valence-electron chi connectivity index (χ3n) is 1.60. The summed E-state index contributed by atoms with van der Waals surface area (Å²) in [5.74, 6) is -0.362. The molecule has 0 aromatic heterocycles. The Morgan fingerprint density at radius 3 is 2.73 bits per heavy atom. The molecule has 0 amide bonds. The molecule has 0 bridgehead atoms. The number of hydrogen-bond donors (Lipinski definition) is 1. The van der Waals surface area contributed by atoms with Crippen LogP contribution in [-0.4, -0.2) is 12.6 Å². The molecule has 0 fully saturated rings. The maximum atomic E-state index is 10.9. The van der Waals surface area contributed by atoms with Gasteiger partial charge in [-0.25, -0.2) is 4.79 Å². The van der Waals surface area contributed by atoms with Crippen molar-refractivity contribution < 1.29 is 9.53 Å². The Morgan fingerprint density at radius 1 is 1.47 bits per heavy atom. The van der Waals surface area contributed by atoms with E-state index in [1.807, 2.05) is 12.1 Å². The highest BCUT2D eigenvalue weighted by atomic mass is 35.5. The van der Waals surface area contributed by atoms with Gasteiger partial charge in [0.05, 0.1) is 6.61 Å². The molecular weight excluding hydrogens is 214 g/mol. The molecule has 0 saturated carbocycles. The van der Waals surface area contributed by atoms with Gasteiger partial charge in [0, 0.05) is 23.0 Å². The molecule has 0 unspecified atom stereocenters. The van der Waals surface area contributed by atoms with E-state index in [9.17, 15) is 4.79 Å². The molecule has 4 heteroatoms. The fourth-order valence-corrected chi connectivity index (χ4v) is 1.07. The van der Waals surface area contributed by atoms with E-state index in [1.165, 1.54) is 12.3 Å². The number of hydrogen-bond acceptors (Lipinski definition) is 3. The maximum absolute atomic E-state index is 10.9. The predicted molar refractivity (Wildman–Crippen MR) is 60.8 cm³/mol. The SMILES string of the molecule is CCOC(=O)/C=C\Nc1ccc(Cl)cc1. The molecule has 3 nitrogen and oxygen atoms in total. The molecule has 15 heavy (non-hydrogen) atoms. The summed E-state index contributed by atoms with van der Waals surface area (Å²) in [4.78, 5) is 10.9. The lowest BCUT2D eigenvalue weighted by Crippen LogP contribution is -2.00. The van der Waals surface area contributed by atoms with Crippen LogP contribution in [0.5, 0.6) is 0 Å². The smallest absolute Gasteiger partial charge is 0.332 e. The van der Waals surface area contributed by atoms with Gasteiger partial charge in [0.2, 0.25) is 0 Å². The minimum atomic E-state index is -0.362. The summed E-state index contributed by atoms with van der Waals surface area (Å²) < 4.78 is 4.71. The summed E-state index contributed by atoms with van der Waals surface area (Å²) in [6.07, 6.45) is 2.86. The molecule has 0 aliphatic rings. The first kappa shape index (κ1) is 11.6. The van der Waals surface area contributed by atoms with Gasteiger partial charge in [-0.05, 0) is 31.2 Å². The average molecular weight is 226 g/mol. The van der Waals surface area contributed by atoms with Crippen LogP contribution in [0.25, 0.3) is 0 Å². The van der Waals surface area contributed by atoms with Crippen molar-refractivity contribution in [3.8, 4) is 0 Å². The van der Waals surface area contributed by atoms with E-state index in [-0.39, 0.29) is 5.97 Å². The molecule has 1 rings (SSSR count). The van der Waals surface area contributed by atoms with E-state index in [0.29, 0.717) is 11.6 Å². The second kappa shape index (κ2) is 6.09. The molecule has 80 valence electrons. The van der Waals surface area contributed by atoms with Crippen molar-refractivity contribution >= 4 is 23.3 Å². The van der Waals surface area contributed by atoms with Crippen LogP contribution in [-0.2, 0) is 9.53 Å². The number of carbonyl (C=O) groups is 1. The van der Waals surface area contributed by atoms with Crippen molar-refractivity contribution in [2.24, 2.45) is 0 Å². The van der Waals surface area contributed by atoms with Crippen molar-refractivity contribution in [1.82, 2.24) is 0 Å². The maximum Gasteiger partial charge on any atom is 0.332 e. The van der Waals surface area contributed by atoms with Crippen molar-refractivity contribution in [3.05, 3.63) is 41.6 Å². The lowest BCUT2D eigenvalue weighted by atomic mass is 10.3. The predicted octanol–water partition coefficient (Wildman–Crippen LogP) is 2.83. The summed E-state index contributed by atoms with van der Waals surface area (Å²) in [7, 11) is 0. The highest BCUT2D eigenvalue weighted by molar-refractivity contribution is 6.30. The molecule has 0 atom stereocenters. The molecule has 1 aromatic rings. The Bertz CT molecular complexity index is 346. The lowest BCUT2D eigenvalue weighted by molar-refractivity contribution is -0.137. The van der Waals surface area contributed by atoms with Crippen LogP contribution in [0, 0.1) is 0 Å². The van der Waals surface area contributed by atoms with Gasteiger partial charge in [-0.15, -0.1) is 0 Å². The van der Waals surface area contributed by atoms with Crippen LogP contribution < -0.4 is 5.32 Å². The number of esters is 1. The zero-order valence-electron chi connectivity index (χ0n) is 8.37. The van der Waals surface area contributed by atoms with Gasteiger partial charge in [0.1, 0.15) is 0 Å². The van der Waals surface area contributed by atoms with E-state index < -0.39 is 0 Å². The average Bonchev–Trinajstić information content (AvgIpc) is 2.21. The number of halogens is 1.